The molecule has 0 N–H and O–H groups in total. The maximum Gasteiger partial charge on any atom is 0.416 e. The zero-order chi connectivity index (χ0) is 23.9. The number of hydrogen-bond acceptors (Lipinski definition) is 5. The van der Waals surface area contributed by atoms with Crippen molar-refractivity contribution in [2.45, 2.75) is 63.0 Å². The second-order valence-electron chi connectivity index (χ2n) is 11.3. The van der Waals surface area contributed by atoms with E-state index in [9.17, 15) is 18.0 Å². The highest BCUT2D eigenvalue weighted by atomic mass is 19.4. The van der Waals surface area contributed by atoms with Crippen LogP contribution in [-0.2, 0) is 20.4 Å². The van der Waals surface area contributed by atoms with Gasteiger partial charge in [0, 0.05) is 50.2 Å². The second-order valence-corrected chi connectivity index (χ2v) is 11.3. The first kappa shape index (κ1) is 22.7. The Balaban J connectivity index is 1.14. The first-order chi connectivity index (χ1) is 16.1. The first-order valence-electron chi connectivity index (χ1n) is 12.7. The van der Waals surface area contributed by atoms with Crippen LogP contribution in [0.15, 0.2) is 24.3 Å². The maximum atomic E-state index is 13.2. The summed E-state index contributed by atoms with van der Waals surface area (Å²) < 4.78 is 51.9. The number of esters is 1. The summed E-state index contributed by atoms with van der Waals surface area (Å²) in [6.07, 6.45) is -0.100. The Bertz CT molecular complexity index is 978. The topological polar surface area (TPSA) is 45.3 Å². The number of fused-ring (bicyclic) bond motifs is 1. The fraction of sp³-hybridized carbons (Fsp3) is 0.731. The van der Waals surface area contributed by atoms with Crippen molar-refractivity contribution in [3.63, 3.8) is 0 Å². The van der Waals surface area contributed by atoms with Gasteiger partial charge in [-0.15, -0.1) is 0 Å². The van der Waals surface area contributed by atoms with Crippen LogP contribution in [0.25, 0.3) is 0 Å². The summed E-state index contributed by atoms with van der Waals surface area (Å²) in [4.78, 5) is 17.5. The van der Waals surface area contributed by atoms with E-state index >= 15 is 0 Å². The monoisotopic (exact) mass is 478 g/mol. The van der Waals surface area contributed by atoms with Gasteiger partial charge in [-0.3, -0.25) is 9.69 Å². The lowest BCUT2D eigenvalue weighted by atomic mass is 9.55. The number of halogens is 3. The third-order valence-electron chi connectivity index (χ3n) is 9.46. The van der Waals surface area contributed by atoms with Crippen LogP contribution in [0.2, 0.25) is 0 Å². The Labute approximate surface area is 198 Å². The Kier molecular flexibility index (Phi) is 5.06. The van der Waals surface area contributed by atoms with E-state index in [1.165, 1.54) is 12.1 Å². The van der Waals surface area contributed by atoms with Gasteiger partial charge in [0.15, 0.2) is 0 Å². The molecule has 0 radical (unpaired) electrons. The Hall–Kier alpha value is -1.80. The lowest BCUT2D eigenvalue weighted by Gasteiger charge is -2.50. The number of carbonyl (C=O) groups is 1. The Morgan fingerprint density at radius 3 is 2.59 bits per heavy atom. The third-order valence-corrected chi connectivity index (χ3v) is 9.46. The van der Waals surface area contributed by atoms with Gasteiger partial charge in [0.1, 0.15) is 11.7 Å². The minimum absolute atomic E-state index is 0.0261. The minimum Gasteiger partial charge on any atom is -0.455 e. The van der Waals surface area contributed by atoms with Crippen LogP contribution in [0.5, 0.6) is 0 Å². The number of rotatable bonds is 3. The van der Waals surface area contributed by atoms with Gasteiger partial charge in [-0.1, -0.05) is 13.0 Å². The molecule has 2 saturated carbocycles. The SMILES string of the molecule is C[C@@H]1CC[C@@H]2[C@H](CN3CCN(c4cccc(C(F)(F)F)c4)CC3)C(=O)O[C@]23[C@@H]1CC[C@]1(C)O[C@@H]31. The molecule has 186 valence electrons. The zero-order valence-corrected chi connectivity index (χ0v) is 19.8. The van der Waals surface area contributed by atoms with Crippen molar-refractivity contribution in [1.29, 1.82) is 0 Å². The highest BCUT2D eigenvalue weighted by Gasteiger charge is 2.77. The summed E-state index contributed by atoms with van der Waals surface area (Å²) in [5, 5.41) is 0. The number of carbonyl (C=O) groups excluding carboxylic acids is 1. The van der Waals surface area contributed by atoms with Gasteiger partial charge in [0.2, 0.25) is 0 Å². The van der Waals surface area contributed by atoms with E-state index in [4.69, 9.17) is 9.47 Å². The van der Waals surface area contributed by atoms with Crippen LogP contribution in [0.4, 0.5) is 18.9 Å². The molecule has 3 heterocycles. The Morgan fingerprint density at radius 2 is 1.85 bits per heavy atom. The summed E-state index contributed by atoms with van der Waals surface area (Å²) in [6, 6.07) is 5.55. The van der Waals surface area contributed by atoms with Crippen LogP contribution in [-0.4, -0.2) is 60.9 Å². The van der Waals surface area contributed by atoms with Crippen molar-refractivity contribution >= 4 is 11.7 Å². The maximum absolute atomic E-state index is 13.2. The number of piperazine rings is 1. The number of benzene rings is 1. The summed E-state index contributed by atoms with van der Waals surface area (Å²) in [7, 11) is 0. The average molecular weight is 479 g/mol. The van der Waals surface area contributed by atoms with E-state index in [-0.39, 0.29) is 29.5 Å². The zero-order valence-electron chi connectivity index (χ0n) is 19.8. The van der Waals surface area contributed by atoms with Crippen LogP contribution < -0.4 is 4.90 Å². The molecular weight excluding hydrogens is 445 g/mol. The highest BCUT2D eigenvalue weighted by Crippen LogP contribution is 2.66. The van der Waals surface area contributed by atoms with Crippen LogP contribution in [0.1, 0.15) is 45.1 Å². The molecule has 2 aliphatic carbocycles. The molecule has 3 saturated heterocycles. The fourth-order valence-corrected chi connectivity index (χ4v) is 7.61. The quantitative estimate of drug-likeness (QED) is 0.478. The third kappa shape index (κ3) is 3.39. The molecule has 8 heteroatoms. The second kappa shape index (κ2) is 7.60. The molecule has 5 aliphatic rings. The number of anilines is 1. The molecule has 1 spiro atoms. The fourth-order valence-electron chi connectivity index (χ4n) is 7.61. The summed E-state index contributed by atoms with van der Waals surface area (Å²) in [5.41, 5.74) is -0.622. The number of alkyl halides is 3. The van der Waals surface area contributed by atoms with E-state index in [1.54, 1.807) is 6.07 Å². The van der Waals surface area contributed by atoms with Gasteiger partial charge in [-0.2, -0.15) is 13.2 Å². The van der Waals surface area contributed by atoms with Crippen molar-refractivity contribution in [2.75, 3.05) is 37.6 Å². The smallest absolute Gasteiger partial charge is 0.416 e. The summed E-state index contributed by atoms with van der Waals surface area (Å²) in [6.45, 7) is 7.83. The van der Waals surface area contributed by atoms with E-state index in [0.717, 1.165) is 44.8 Å². The molecule has 3 aliphatic heterocycles. The van der Waals surface area contributed by atoms with Gasteiger partial charge < -0.3 is 14.4 Å². The van der Waals surface area contributed by atoms with Crippen molar-refractivity contribution < 1.29 is 27.4 Å². The molecule has 0 amide bonds. The van der Waals surface area contributed by atoms with Gasteiger partial charge in [0.25, 0.3) is 0 Å². The van der Waals surface area contributed by atoms with Crippen molar-refractivity contribution in [1.82, 2.24) is 4.90 Å². The molecule has 6 rings (SSSR count). The van der Waals surface area contributed by atoms with Gasteiger partial charge in [0.05, 0.1) is 17.1 Å². The van der Waals surface area contributed by atoms with Crippen molar-refractivity contribution in [2.24, 2.45) is 23.7 Å². The van der Waals surface area contributed by atoms with Crippen LogP contribution in [0.3, 0.4) is 0 Å². The molecule has 1 aromatic rings. The molecule has 1 aromatic carbocycles. The lowest BCUT2D eigenvalue weighted by molar-refractivity contribution is -0.168. The standard InChI is InChI=1S/C26H33F3N2O3/c1-16-6-7-21-19(22(32)33-25(21)20(16)8-9-24(2)23(25)34-24)15-30-10-12-31(13-11-30)18-5-3-4-17(14-18)26(27,28)29/h3-5,14,16,19-21,23H,6-13,15H2,1-2H3/t16-,19+,20-,21-,23-,24+,25-/m1/s1. The number of hydrogen-bond donors (Lipinski definition) is 0. The Morgan fingerprint density at radius 1 is 1.09 bits per heavy atom. The first-order valence-corrected chi connectivity index (χ1v) is 12.7. The lowest BCUT2D eigenvalue weighted by Crippen LogP contribution is -2.58. The molecule has 0 bridgehead atoms. The predicted octanol–water partition coefficient (Wildman–Crippen LogP) is 4.35. The molecule has 34 heavy (non-hydrogen) atoms. The van der Waals surface area contributed by atoms with E-state index in [2.05, 4.69) is 18.7 Å². The normalized spacial score (nSPS) is 42.0. The molecule has 0 aromatic heterocycles. The molecule has 5 nitrogen and oxygen atoms in total. The largest absolute Gasteiger partial charge is 0.455 e. The molecule has 5 fully saturated rings. The van der Waals surface area contributed by atoms with Gasteiger partial charge >= 0.3 is 12.1 Å². The van der Waals surface area contributed by atoms with E-state index in [1.807, 2.05) is 4.90 Å². The van der Waals surface area contributed by atoms with Crippen molar-refractivity contribution in [3.05, 3.63) is 29.8 Å². The summed E-state index contributed by atoms with van der Waals surface area (Å²) in [5.74, 6) is 0.867. The highest BCUT2D eigenvalue weighted by molar-refractivity contribution is 5.77. The minimum atomic E-state index is -4.34. The molecular formula is C26H33F3N2O3. The molecule has 7 atom stereocenters. The number of nitrogens with zero attached hydrogens (tertiary/aromatic N) is 2. The van der Waals surface area contributed by atoms with Gasteiger partial charge in [-0.05, 0) is 56.7 Å². The average Bonchev–Trinajstić information content (AvgIpc) is 3.43. The summed E-state index contributed by atoms with van der Waals surface area (Å²) >= 11 is 0. The van der Waals surface area contributed by atoms with Crippen molar-refractivity contribution in [3.8, 4) is 0 Å². The van der Waals surface area contributed by atoms with E-state index in [0.29, 0.717) is 37.2 Å². The van der Waals surface area contributed by atoms with Gasteiger partial charge in [-0.25, -0.2) is 0 Å². The predicted molar refractivity (Wildman–Crippen MR) is 120 cm³/mol. The van der Waals surface area contributed by atoms with E-state index < -0.39 is 17.3 Å². The number of ether oxygens (including phenoxy) is 2. The van der Waals surface area contributed by atoms with Crippen LogP contribution in [0, 0.1) is 23.7 Å². The van der Waals surface area contributed by atoms with Crippen LogP contribution >= 0.6 is 0 Å². The number of epoxide rings is 1. The molecule has 0 unspecified atom stereocenters.